The molecule has 2 aromatic heterocycles. The normalized spacial score (nSPS) is 24.1. The van der Waals surface area contributed by atoms with Gasteiger partial charge in [0.2, 0.25) is 5.65 Å². The molecule has 2 fully saturated rings. The highest BCUT2D eigenvalue weighted by molar-refractivity contribution is 5.78. The molecular weight excluding hydrogens is 437 g/mol. The van der Waals surface area contributed by atoms with Gasteiger partial charge in [-0.1, -0.05) is 0 Å². The van der Waals surface area contributed by atoms with Crippen molar-refractivity contribution >= 4 is 17.2 Å². The van der Waals surface area contributed by atoms with Crippen molar-refractivity contribution in [1.29, 1.82) is 0 Å². The number of phenolic OH excluding ortho intramolecular Hbond substituents is 1. The van der Waals surface area contributed by atoms with Crippen molar-refractivity contribution in [3.05, 3.63) is 35.4 Å². The number of alkyl halides is 3. The number of anilines is 1. The minimum Gasteiger partial charge on any atom is -0.507 e. The molecule has 1 saturated carbocycles. The maximum absolute atomic E-state index is 13.0. The Kier molecular flexibility index (Phi) is 5.44. The molecule has 3 heterocycles. The van der Waals surface area contributed by atoms with Gasteiger partial charge < -0.3 is 19.9 Å². The van der Waals surface area contributed by atoms with E-state index in [1.54, 1.807) is 12.1 Å². The molecule has 7 nitrogen and oxygen atoms in total. The van der Waals surface area contributed by atoms with Crippen LogP contribution < -0.4 is 5.32 Å². The van der Waals surface area contributed by atoms with Gasteiger partial charge in [-0.2, -0.15) is 18.2 Å². The number of nitrogens with zero attached hydrogens (tertiary/aromatic N) is 3. The lowest BCUT2D eigenvalue weighted by molar-refractivity contribution is -0.137. The standard InChI is InChI=1S/C23H25F3N4O3/c1-12-7-13(23(24,25)26)8-18(32)20(12)17-4-5-19-21(28-17)29-22(33-19)27-14-3-2-6-30(11-14)15-9-16(31)10-15/h4-5,7-8,14-16,31-32H,2-3,6,9-11H2,1H3,(H,27,28,29). The van der Waals surface area contributed by atoms with Crippen LogP contribution in [0.25, 0.3) is 22.5 Å². The predicted molar refractivity (Wildman–Crippen MR) is 116 cm³/mol. The number of aromatic nitrogens is 2. The van der Waals surface area contributed by atoms with Gasteiger partial charge in [0, 0.05) is 24.2 Å². The molecule has 1 saturated heterocycles. The Morgan fingerprint density at radius 2 is 1.97 bits per heavy atom. The Labute approximate surface area is 188 Å². The number of aliphatic hydroxyl groups excluding tert-OH is 1. The molecule has 1 aromatic carbocycles. The minimum atomic E-state index is -4.54. The summed E-state index contributed by atoms with van der Waals surface area (Å²) in [5.74, 6) is -0.487. The number of rotatable bonds is 4. The lowest BCUT2D eigenvalue weighted by Crippen LogP contribution is -2.53. The number of fused-ring (bicyclic) bond motifs is 1. The number of phenols is 1. The van der Waals surface area contributed by atoms with E-state index in [-0.39, 0.29) is 23.3 Å². The van der Waals surface area contributed by atoms with Crippen molar-refractivity contribution in [2.24, 2.45) is 0 Å². The molecular formula is C23H25F3N4O3. The first-order valence-corrected chi connectivity index (χ1v) is 11.0. The number of halogens is 3. The van der Waals surface area contributed by atoms with Gasteiger partial charge in [0.15, 0.2) is 5.58 Å². The third kappa shape index (κ3) is 4.37. The van der Waals surface area contributed by atoms with E-state index in [4.69, 9.17) is 4.42 Å². The maximum atomic E-state index is 13.0. The molecule has 1 aliphatic heterocycles. The van der Waals surface area contributed by atoms with Crippen LogP contribution >= 0.6 is 0 Å². The lowest BCUT2D eigenvalue weighted by Gasteiger charge is -2.44. The monoisotopic (exact) mass is 462 g/mol. The predicted octanol–water partition coefficient (Wildman–Crippen LogP) is 4.32. The average molecular weight is 462 g/mol. The number of benzene rings is 1. The van der Waals surface area contributed by atoms with Crippen LogP contribution in [0.1, 0.15) is 36.8 Å². The minimum absolute atomic E-state index is 0.158. The van der Waals surface area contributed by atoms with Gasteiger partial charge in [-0.25, -0.2) is 4.98 Å². The molecule has 1 unspecified atom stereocenters. The van der Waals surface area contributed by atoms with Crippen LogP contribution in [0.2, 0.25) is 0 Å². The van der Waals surface area contributed by atoms with Crippen molar-refractivity contribution < 1.29 is 27.8 Å². The van der Waals surface area contributed by atoms with E-state index in [1.807, 2.05) is 0 Å². The number of piperidine rings is 1. The molecule has 3 aromatic rings. The lowest BCUT2D eigenvalue weighted by atomic mass is 9.86. The number of aliphatic hydroxyl groups is 1. The number of nitrogens with one attached hydrogen (secondary N) is 1. The highest BCUT2D eigenvalue weighted by Crippen LogP contribution is 2.39. The van der Waals surface area contributed by atoms with Gasteiger partial charge in [0.1, 0.15) is 5.75 Å². The van der Waals surface area contributed by atoms with Gasteiger partial charge in [-0.15, -0.1) is 0 Å². The summed E-state index contributed by atoms with van der Waals surface area (Å²) in [6.45, 7) is 3.36. The summed E-state index contributed by atoms with van der Waals surface area (Å²) in [5.41, 5.74) is 0.655. The Morgan fingerprint density at radius 1 is 1.18 bits per heavy atom. The fraction of sp³-hybridized carbons (Fsp3) is 0.478. The second kappa shape index (κ2) is 8.18. The Morgan fingerprint density at radius 3 is 2.67 bits per heavy atom. The van der Waals surface area contributed by atoms with Gasteiger partial charge in [-0.3, -0.25) is 4.90 Å². The summed E-state index contributed by atoms with van der Waals surface area (Å²) in [4.78, 5) is 11.2. The Hall–Kier alpha value is -2.85. The first-order chi connectivity index (χ1) is 15.7. The summed E-state index contributed by atoms with van der Waals surface area (Å²) in [6.07, 6.45) is -1.08. The van der Waals surface area contributed by atoms with Crippen LogP contribution in [-0.2, 0) is 6.18 Å². The topological polar surface area (TPSA) is 94.7 Å². The zero-order valence-corrected chi connectivity index (χ0v) is 18.1. The number of likely N-dealkylation sites (tertiary alicyclic amines) is 1. The first kappa shape index (κ1) is 22.0. The molecule has 176 valence electrons. The van der Waals surface area contributed by atoms with E-state index in [1.165, 1.54) is 6.92 Å². The molecule has 0 amide bonds. The van der Waals surface area contributed by atoms with Crippen molar-refractivity contribution in [3.63, 3.8) is 0 Å². The molecule has 2 aliphatic rings. The van der Waals surface area contributed by atoms with E-state index >= 15 is 0 Å². The van der Waals surface area contributed by atoms with Crippen molar-refractivity contribution in [2.45, 2.75) is 57.0 Å². The number of hydrogen-bond acceptors (Lipinski definition) is 7. The second-order valence-corrected chi connectivity index (χ2v) is 8.98. The van der Waals surface area contributed by atoms with Gasteiger partial charge >= 0.3 is 6.18 Å². The van der Waals surface area contributed by atoms with Crippen LogP contribution in [0, 0.1) is 6.92 Å². The molecule has 5 rings (SSSR count). The molecule has 3 N–H and O–H groups in total. The highest BCUT2D eigenvalue weighted by Gasteiger charge is 2.35. The van der Waals surface area contributed by atoms with Crippen molar-refractivity contribution in [1.82, 2.24) is 14.9 Å². The summed E-state index contributed by atoms with van der Waals surface area (Å²) in [7, 11) is 0. The van der Waals surface area contributed by atoms with Crippen LogP contribution in [0.4, 0.5) is 19.2 Å². The van der Waals surface area contributed by atoms with Crippen LogP contribution in [0.15, 0.2) is 28.7 Å². The molecule has 0 spiro atoms. The molecule has 33 heavy (non-hydrogen) atoms. The van der Waals surface area contributed by atoms with E-state index in [0.717, 1.165) is 44.8 Å². The van der Waals surface area contributed by atoms with E-state index in [2.05, 4.69) is 20.2 Å². The van der Waals surface area contributed by atoms with Crippen molar-refractivity contribution in [3.8, 4) is 17.0 Å². The first-order valence-electron chi connectivity index (χ1n) is 11.0. The zero-order valence-electron chi connectivity index (χ0n) is 18.1. The number of aryl methyl sites for hydroxylation is 1. The smallest absolute Gasteiger partial charge is 0.416 e. The largest absolute Gasteiger partial charge is 0.507 e. The van der Waals surface area contributed by atoms with Crippen molar-refractivity contribution in [2.75, 3.05) is 18.4 Å². The molecule has 1 atom stereocenters. The molecule has 10 heteroatoms. The summed E-state index contributed by atoms with van der Waals surface area (Å²) < 4.78 is 44.9. The Bertz CT molecular complexity index is 1150. The van der Waals surface area contributed by atoms with E-state index in [0.29, 0.717) is 35.0 Å². The third-order valence-electron chi connectivity index (χ3n) is 6.54. The fourth-order valence-corrected chi connectivity index (χ4v) is 4.77. The highest BCUT2D eigenvalue weighted by atomic mass is 19.4. The van der Waals surface area contributed by atoms with Crippen LogP contribution in [0.3, 0.4) is 0 Å². The number of oxazole rings is 1. The second-order valence-electron chi connectivity index (χ2n) is 8.98. The zero-order chi connectivity index (χ0) is 23.3. The third-order valence-corrected chi connectivity index (χ3v) is 6.54. The quantitative estimate of drug-likeness (QED) is 0.532. The summed E-state index contributed by atoms with van der Waals surface area (Å²) in [5, 5.41) is 23.2. The number of pyridine rings is 1. The Balaban J connectivity index is 1.35. The molecule has 0 bridgehead atoms. The van der Waals surface area contributed by atoms with Gasteiger partial charge in [0.05, 0.1) is 17.4 Å². The van der Waals surface area contributed by atoms with Crippen LogP contribution in [-0.4, -0.2) is 56.4 Å². The average Bonchev–Trinajstić information content (AvgIpc) is 3.12. The van der Waals surface area contributed by atoms with Gasteiger partial charge in [0.25, 0.3) is 6.01 Å². The SMILES string of the molecule is Cc1cc(C(F)(F)F)cc(O)c1-c1ccc2oc(NC3CCCN(C4CC(O)C4)C3)nc2n1. The van der Waals surface area contributed by atoms with E-state index in [9.17, 15) is 23.4 Å². The summed E-state index contributed by atoms with van der Waals surface area (Å²) >= 11 is 0. The molecule has 0 radical (unpaired) electrons. The molecule has 1 aliphatic carbocycles. The maximum Gasteiger partial charge on any atom is 0.416 e. The van der Waals surface area contributed by atoms with Gasteiger partial charge in [-0.05, 0) is 69.0 Å². The fourth-order valence-electron chi connectivity index (χ4n) is 4.77. The van der Waals surface area contributed by atoms with Crippen LogP contribution in [0.5, 0.6) is 5.75 Å². The van der Waals surface area contributed by atoms with E-state index < -0.39 is 17.5 Å². The summed E-state index contributed by atoms with van der Waals surface area (Å²) in [6, 6.07) is 5.87. The number of aromatic hydroxyl groups is 1. The number of hydrogen-bond donors (Lipinski definition) is 3.